The number of carbonyl (C=O) groups excluding carboxylic acids is 1. The molecule has 26 heavy (non-hydrogen) atoms. The highest BCUT2D eigenvalue weighted by Crippen LogP contribution is 2.21. The van der Waals surface area contributed by atoms with Crippen molar-refractivity contribution in [1.82, 2.24) is 19.5 Å². The van der Waals surface area contributed by atoms with Gasteiger partial charge in [-0.2, -0.15) is 0 Å². The quantitative estimate of drug-likeness (QED) is 0.689. The first kappa shape index (κ1) is 16.7. The van der Waals surface area contributed by atoms with Crippen LogP contribution in [-0.2, 0) is 0 Å². The second kappa shape index (κ2) is 6.53. The number of hydrogen-bond acceptors (Lipinski definition) is 4. The van der Waals surface area contributed by atoms with Gasteiger partial charge in [0.25, 0.3) is 5.91 Å². The molecule has 1 aliphatic heterocycles. The Balaban J connectivity index is 1.51. The summed E-state index contributed by atoms with van der Waals surface area (Å²) >= 11 is 6.11. The van der Waals surface area contributed by atoms with E-state index in [4.69, 9.17) is 11.6 Å². The van der Waals surface area contributed by atoms with E-state index in [2.05, 4.69) is 10.2 Å². The zero-order valence-electron chi connectivity index (χ0n) is 13.6. The van der Waals surface area contributed by atoms with Crippen LogP contribution >= 0.6 is 11.6 Å². The van der Waals surface area contributed by atoms with Crippen LogP contribution in [0.2, 0.25) is 5.02 Å². The summed E-state index contributed by atoms with van der Waals surface area (Å²) in [6.45, 7) is 1.72. The normalized spacial score (nSPS) is 14.9. The maximum absolute atomic E-state index is 13.8. The number of nitrogens with zero attached hydrogens (tertiary/aromatic N) is 5. The fourth-order valence-electron chi connectivity index (χ4n) is 3.03. The second-order valence-electron chi connectivity index (χ2n) is 5.95. The molecule has 0 bridgehead atoms. The summed E-state index contributed by atoms with van der Waals surface area (Å²) in [5.74, 6) is -1.25. The van der Waals surface area contributed by atoms with E-state index in [1.165, 1.54) is 4.90 Å². The van der Waals surface area contributed by atoms with Crippen molar-refractivity contribution in [3.8, 4) is 0 Å². The van der Waals surface area contributed by atoms with Crippen LogP contribution in [0.1, 0.15) is 10.4 Å². The van der Waals surface area contributed by atoms with E-state index in [-0.39, 0.29) is 5.56 Å². The van der Waals surface area contributed by atoms with Gasteiger partial charge in [0.05, 0.1) is 10.6 Å². The highest BCUT2D eigenvalue weighted by molar-refractivity contribution is 6.33. The molecule has 2 aromatic heterocycles. The Bertz CT molecular complexity index is 984. The van der Waals surface area contributed by atoms with Crippen LogP contribution < -0.4 is 4.90 Å². The average Bonchev–Trinajstić information content (AvgIpc) is 3.09. The van der Waals surface area contributed by atoms with Gasteiger partial charge in [0, 0.05) is 32.4 Å². The number of benzene rings is 1. The number of fused-ring (bicyclic) bond motifs is 1. The first-order chi connectivity index (χ1) is 12.5. The Kier molecular flexibility index (Phi) is 4.20. The predicted molar refractivity (Wildman–Crippen MR) is 92.5 cm³/mol. The second-order valence-corrected chi connectivity index (χ2v) is 6.36. The van der Waals surface area contributed by atoms with E-state index >= 15 is 0 Å². The van der Waals surface area contributed by atoms with Gasteiger partial charge in [0.1, 0.15) is 11.6 Å². The van der Waals surface area contributed by atoms with E-state index < -0.39 is 17.5 Å². The van der Waals surface area contributed by atoms with Crippen molar-refractivity contribution in [3.05, 3.63) is 58.7 Å². The van der Waals surface area contributed by atoms with Crippen LogP contribution in [0.15, 0.2) is 36.5 Å². The zero-order valence-corrected chi connectivity index (χ0v) is 14.3. The lowest BCUT2D eigenvalue weighted by atomic mass is 10.1. The molecule has 0 aliphatic carbocycles. The topological polar surface area (TPSA) is 53.7 Å². The fraction of sp³-hybridized carbons (Fsp3) is 0.235. The summed E-state index contributed by atoms with van der Waals surface area (Å²) in [6.07, 6.45) is 1.82. The summed E-state index contributed by atoms with van der Waals surface area (Å²) in [5, 5.41) is 8.76. The molecular weight excluding hydrogens is 364 g/mol. The Morgan fingerprint density at radius 3 is 2.62 bits per heavy atom. The van der Waals surface area contributed by atoms with Crippen LogP contribution in [0.25, 0.3) is 5.65 Å². The molecule has 0 atom stereocenters. The number of rotatable bonds is 2. The van der Waals surface area contributed by atoms with Crippen LogP contribution in [0, 0.1) is 11.6 Å². The molecule has 0 unspecified atom stereocenters. The molecule has 0 spiro atoms. The number of amides is 1. The first-order valence-corrected chi connectivity index (χ1v) is 8.41. The molecule has 6 nitrogen and oxygen atoms in total. The maximum atomic E-state index is 13.8. The summed E-state index contributed by atoms with van der Waals surface area (Å²) in [7, 11) is 0. The summed E-state index contributed by atoms with van der Waals surface area (Å²) < 4.78 is 28.9. The van der Waals surface area contributed by atoms with Crippen molar-refractivity contribution >= 4 is 29.1 Å². The van der Waals surface area contributed by atoms with E-state index in [0.29, 0.717) is 42.8 Å². The molecule has 4 rings (SSSR count). The lowest BCUT2D eigenvalue weighted by Crippen LogP contribution is -2.49. The van der Waals surface area contributed by atoms with Gasteiger partial charge in [0.2, 0.25) is 5.95 Å². The van der Waals surface area contributed by atoms with Gasteiger partial charge in [-0.25, -0.2) is 8.78 Å². The van der Waals surface area contributed by atoms with E-state index in [0.717, 1.165) is 18.2 Å². The molecule has 1 aliphatic rings. The SMILES string of the molecule is O=C(c1cc(F)ccc1F)N1CCN(c2nnc3c(Cl)cccn23)CC1. The number of halogens is 3. The van der Waals surface area contributed by atoms with Gasteiger partial charge in [0.15, 0.2) is 5.65 Å². The van der Waals surface area contributed by atoms with E-state index in [1.54, 1.807) is 16.5 Å². The summed E-state index contributed by atoms with van der Waals surface area (Å²) in [4.78, 5) is 16.0. The molecule has 134 valence electrons. The summed E-state index contributed by atoms with van der Waals surface area (Å²) in [5.41, 5.74) is 0.308. The van der Waals surface area contributed by atoms with Crippen molar-refractivity contribution < 1.29 is 13.6 Å². The minimum Gasteiger partial charge on any atom is -0.337 e. The van der Waals surface area contributed by atoms with Crippen molar-refractivity contribution in [2.24, 2.45) is 0 Å². The standard InChI is InChI=1S/C17H14ClF2N5O/c18-13-2-1-5-25-15(13)21-22-17(25)24-8-6-23(7-9-24)16(26)12-10-11(19)3-4-14(12)20/h1-5,10H,6-9H2. The molecule has 9 heteroatoms. The van der Waals surface area contributed by atoms with Crippen molar-refractivity contribution in [2.45, 2.75) is 0 Å². The Morgan fingerprint density at radius 2 is 1.85 bits per heavy atom. The maximum Gasteiger partial charge on any atom is 0.257 e. The monoisotopic (exact) mass is 377 g/mol. The Hall–Kier alpha value is -2.74. The van der Waals surface area contributed by atoms with E-state index in [9.17, 15) is 13.6 Å². The lowest BCUT2D eigenvalue weighted by Gasteiger charge is -2.34. The highest BCUT2D eigenvalue weighted by atomic mass is 35.5. The smallest absolute Gasteiger partial charge is 0.257 e. The molecule has 3 aromatic rings. The Labute approximate surface area is 152 Å². The molecular formula is C17H14ClF2N5O. The molecule has 0 N–H and O–H groups in total. The van der Waals surface area contributed by atoms with Crippen LogP contribution in [0.5, 0.6) is 0 Å². The molecule has 1 aromatic carbocycles. The third-order valence-corrected chi connectivity index (χ3v) is 4.67. The lowest BCUT2D eigenvalue weighted by molar-refractivity contribution is 0.0741. The van der Waals surface area contributed by atoms with Gasteiger partial charge in [-0.1, -0.05) is 11.6 Å². The number of carbonyl (C=O) groups is 1. The van der Waals surface area contributed by atoms with E-state index in [1.807, 2.05) is 11.1 Å². The molecule has 3 heterocycles. The van der Waals surface area contributed by atoms with Gasteiger partial charge >= 0.3 is 0 Å². The molecule has 1 saturated heterocycles. The van der Waals surface area contributed by atoms with Gasteiger partial charge in [-0.3, -0.25) is 9.20 Å². The first-order valence-electron chi connectivity index (χ1n) is 8.03. The molecule has 0 saturated carbocycles. The number of aromatic nitrogens is 3. The number of anilines is 1. The van der Waals surface area contributed by atoms with Gasteiger partial charge in [-0.15, -0.1) is 10.2 Å². The minimum atomic E-state index is -0.725. The fourth-order valence-corrected chi connectivity index (χ4v) is 3.23. The minimum absolute atomic E-state index is 0.252. The molecule has 0 radical (unpaired) electrons. The molecule has 1 amide bonds. The van der Waals surface area contributed by atoms with Crippen molar-refractivity contribution in [1.29, 1.82) is 0 Å². The molecule has 1 fully saturated rings. The zero-order chi connectivity index (χ0) is 18.3. The predicted octanol–water partition coefficient (Wildman–Crippen LogP) is 2.62. The van der Waals surface area contributed by atoms with Crippen molar-refractivity contribution in [3.63, 3.8) is 0 Å². The number of hydrogen-bond donors (Lipinski definition) is 0. The number of piperazine rings is 1. The summed E-state index contributed by atoms with van der Waals surface area (Å²) in [6, 6.07) is 6.42. The highest BCUT2D eigenvalue weighted by Gasteiger charge is 2.26. The third kappa shape index (κ3) is 2.86. The van der Waals surface area contributed by atoms with Crippen LogP contribution in [-0.4, -0.2) is 51.6 Å². The number of pyridine rings is 1. The van der Waals surface area contributed by atoms with Gasteiger partial charge in [-0.05, 0) is 30.3 Å². The third-order valence-electron chi connectivity index (χ3n) is 4.38. The van der Waals surface area contributed by atoms with Crippen LogP contribution in [0.4, 0.5) is 14.7 Å². The Morgan fingerprint density at radius 1 is 1.08 bits per heavy atom. The van der Waals surface area contributed by atoms with Crippen molar-refractivity contribution in [2.75, 3.05) is 31.1 Å². The largest absolute Gasteiger partial charge is 0.337 e. The van der Waals surface area contributed by atoms with Gasteiger partial charge < -0.3 is 9.80 Å². The van der Waals surface area contributed by atoms with Crippen LogP contribution in [0.3, 0.4) is 0 Å². The average molecular weight is 378 g/mol.